The smallest absolute Gasteiger partial charge is 0.251 e. The van der Waals surface area contributed by atoms with Gasteiger partial charge in [0.2, 0.25) is 0 Å². The Morgan fingerprint density at radius 2 is 1.73 bits per heavy atom. The summed E-state index contributed by atoms with van der Waals surface area (Å²) < 4.78 is 13.4. The maximum absolute atomic E-state index is 13.6. The molecule has 10 heteroatoms. The average molecular weight is 686 g/mol. The molecule has 4 aromatic rings. The SMILES string of the molecule is CCCCOCCOc1ccc(-c2ccc3c(c2)C=C(C(=O)Nc2ccc(SCCSc4nncn4C)cc2)CCN3CC(C)C)cc1. The number of carbonyl (C=O) groups is 1. The van der Waals surface area contributed by atoms with Crippen LogP contribution in [0.15, 0.2) is 88.7 Å². The zero-order valence-corrected chi connectivity index (χ0v) is 30.1. The Kier molecular flexibility index (Phi) is 13.4. The van der Waals surface area contributed by atoms with Gasteiger partial charge in [-0.3, -0.25) is 4.79 Å². The number of unbranched alkanes of at least 4 members (excludes halogenated alkanes) is 1. The van der Waals surface area contributed by atoms with Gasteiger partial charge in [-0.15, -0.1) is 22.0 Å². The molecule has 254 valence electrons. The zero-order valence-electron chi connectivity index (χ0n) is 28.5. The third-order valence-electron chi connectivity index (χ3n) is 7.92. The molecule has 0 spiro atoms. The number of thioether (sulfide) groups is 2. The normalized spacial score (nSPS) is 12.9. The van der Waals surface area contributed by atoms with Crippen LogP contribution in [0.5, 0.6) is 5.75 Å². The van der Waals surface area contributed by atoms with E-state index >= 15 is 0 Å². The second-order valence-electron chi connectivity index (χ2n) is 12.3. The number of hydrogen-bond donors (Lipinski definition) is 1. The fourth-order valence-electron chi connectivity index (χ4n) is 5.44. The molecule has 5 rings (SSSR count). The van der Waals surface area contributed by atoms with Gasteiger partial charge in [-0.1, -0.05) is 57.2 Å². The van der Waals surface area contributed by atoms with Crippen LogP contribution in [0, 0.1) is 5.92 Å². The molecule has 1 aliphatic heterocycles. The molecule has 0 unspecified atom stereocenters. The van der Waals surface area contributed by atoms with Crippen molar-refractivity contribution in [3.63, 3.8) is 0 Å². The summed E-state index contributed by atoms with van der Waals surface area (Å²) in [5, 5.41) is 12.1. The lowest BCUT2D eigenvalue weighted by Crippen LogP contribution is -2.29. The summed E-state index contributed by atoms with van der Waals surface area (Å²) in [7, 11) is 1.95. The minimum Gasteiger partial charge on any atom is -0.491 e. The number of nitrogens with zero attached hydrogens (tertiary/aromatic N) is 4. The fraction of sp³-hybridized carbons (Fsp3) is 0.395. The molecule has 0 atom stereocenters. The molecule has 2 heterocycles. The van der Waals surface area contributed by atoms with Gasteiger partial charge in [0, 0.05) is 60.1 Å². The van der Waals surface area contributed by atoms with Crippen LogP contribution >= 0.6 is 23.5 Å². The standard InChI is InChI=1S/C38H47N5O3S2/c1-5-6-19-45-20-21-46-34-12-7-29(8-13-34)30-9-16-36-32(24-30)25-31(17-18-43(36)26-28(2)3)37(44)40-33-10-14-35(15-11-33)47-22-23-48-38-41-39-27-42(38)4/h7-16,24-25,27-28H,5-6,17-23,26H2,1-4H3,(H,40,44). The molecule has 1 aliphatic rings. The maximum Gasteiger partial charge on any atom is 0.251 e. The topological polar surface area (TPSA) is 81.5 Å². The van der Waals surface area contributed by atoms with Crippen LogP contribution in [0.2, 0.25) is 0 Å². The highest BCUT2D eigenvalue weighted by molar-refractivity contribution is 8.02. The van der Waals surface area contributed by atoms with Gasteiger partial charge in [-0.25, -0.2) is 0 Å². The van der Waals surface area contributed by atoms with Gasteiger partial charge >= 0.3 is 0 Å². The van der Waals surface area contributed by atoms with E-state index in [2.05, 4.69) is 89.7 Å². The molecule has 1 aromatic heterocycles. The maximum atomic E-state index is 13.6. The molecule has 8 nitrogen and oxygen atoms in total. The third-order valence-corrected chi connectivity index (χ3v) is 10.2. The second-order valence-corrected chi connectivity index (χ2v) is 14.5. The van der Waals surface area contributed by atoms with E-state index in [1.165, 1.54) is 4.90 Å². The molecule has 0 aliphatic carbocycles. The van der Waals surface area contributed by atoms with Crippen molar-refractivity contribution < 1.29 is 14.3 Å². The number of fused-ring (bicyclic) bond motifs is 1. The van der Waals surface area contributed by atoms with Crippen molar-refractivity contribution in [3.8, 4) is 16.9 Å². The Bertz CT molecular complexity index is 1640. The van der Waals surface area contributed by atoms with Crippen molar-refractivity contribution in [1.82, 2.24) is 14.8 Å². The number of hydrogen-bond acceptors (Lipinski definition) is 8. The number of carbonyl (C=O) groups excluding carboxylic acids is 1. The Hall–Kier alpha value is -3.73. The van der Waals surface area contributed by atoms with E-state index in [1.54, 1.807) is 29.9 Å². The van der Waals surface area contributed by atoms with E-state index < -0.39 is 0 Å². The van der Waals surface area contributed by atoms with Gasteiger partial charge in [0.05, 0.1) is 6.61 Å². The number of aryl methyl sites for hydroxylation is 1. The minimum absolute atomic E-state index is 0.0570. The summed E-state index contributed by atoms with van der Waals surface area (Å²) in [5.41, 5.74) is 6.01. The van der Waals surface area contributed by atoms with Crippen LogP contribution in [0.4, 0.5) is 11.4 Å². The number of rotatable bonds is 17. The average Bonchev–Trinajstić information content (AvgIpc) is 3.41. The molecule has 0 saturated carbocycles. The van der Waals surface area contributed by atoms with Crippen LogP contribution < -0.4 is 15.0 Å². The zero-order chi connectivity index (χ0) is 33.7. The van der Waals surface area contributed by atoms with E-state index in [9.17, 15) is 4.79 Å². The summed E-state index contributed by atoms with van der Waals surface area (Å²) >= 11 is 3.49. The first-order chi connectivity index (χ1) is 23.4. The number of anilines is 2. The third kappa shape index (κ3) is 10.4. The Morgan fingerprint density at radius 1 is 0.958 bits per heavy atom. The van der Waals surface area contributed by atoms with E-state index in [0.717, 1.165) is 88.6 Å². The lowest BCUT2D eigenvalue weighted by Gasteiger charge is -2.27. The first-order valence-electron chi connectivity index (χ1n) is 16.8. The van der Waals surface area contributed by atoms with Crippen LogP contribution in [0.3, 0.4) is 0 Å². The first kappa shape index (κ1) is 35.6. The number of benzene rings is 3. The fourth-order valence-corrected chi connectivity index (χ4v) is 7.20. The summed E-state index contributed by atoms with van der Waals surface area (Å²) in [6.45, 7) is 10.3. The molecule has 3 aromatic carbocycles. The molecular weight excluding hydrogens is 639 g/mol. The molecule has 1 N–H and O–H groups in total. The van der Waals surface area contributed by atoms with Crippen LogP contribution in [-0.2, 0) is 16.6 Å². The van der Waals surface area contributed by atoms with Gasteiger partial charge in [-0.2, -0.15) is 0 Å². The predicted octanol–water partition coefficient (Wildman–Crippen LogP) is 8.45. The quantitative estimate of drug-likeness (QED) is 0.0876. The molecule has 1 amide bonds. The van der Waals surface area contributed by atoms with E-state index in [4.69, 9.17) is 9.47 Å². The van der Waals surface area contributed by atoms with Gasteiger partial charge in [0.25, 0.3) is 5.91 Å². The van der Waals surface area contributed by atoms with E-state index in [1.807, 2.05) is 35.9 Å². The number of ether oxygens (including phenoxy) is 2. The molecule has 0 fully saturated rings. The first-order valence-corrected chi connectivity index (χ1v) is 18.8. The highest BCUT2D eigenvalue weighted by Gasteiger charge is 2.21. The molecule has 0 radical (unpaired) electrons. The lowest BCUT2D eigenvalue weighted by atomic mass is 10.00. The van der Waals surface area contributed by atoms with E-state index in [0.29, 0.717) is 25.6 Å². The molecular formula is C38H47N5O3S2. The largest absolute Gasteiger partial charge is 0.491 e. The van der Waals surface area contributed by atoms with Gasteiger partial charge in [-0.05, 0) is 90.1 Å². The highest BCUT2D eigenvalue weighted by Crippen LogP contribution is 2.34. The van der Waals surface area contributed by atoms with E-state index in [-0.39, 0.29) is 5.91 Å². The van der Waals surface area contributed by atoms with Crippen molar-refractivity contribution in [1.29, 1.82) is 0 Å². The summed E-state index contributed by atoms with van der Waals surface area (Å²) in [5.74, 6) is 3.17. The van der Waals surface area contributed by atoms with Crippen molar-refractivity contribution in [2.24, 2.45) is 13.0 Å². The summed E-state index contributed by atoms with van der Waals surface area (Å²) in [6, 6.07) is 22.9. The predicted molar refractivity (Wildman–Crippen MR) is 200 cm³/mol. The minimum atomic E-state index is -0.0570. The lowest BCUT2D eigenvalue weighted by molar-refractivity contribution is -0.112. The molecule has 0 bridgehead atoms. The second kappa shape index (κ2) is 18.1. The summed E-state index contributed by atoms with van der Waals surface area (Å²) in [6.07, 6.45) is 6.67. The van der Waals surface area contributed by atoms with Crippen LogP contribution in [-0.4, -0.2) is 65.1 Å². The van der Waals surface area contributed by atoms with Gasteiger partial charge < -0.3 is 24.3 Å². The Balaban J connectivity index is 1.22. The van der Waals surface area contributed by atoms with Crippen molar-refractivity contribution in [2.75, 3.05) is 54.6 Å². The van der Waals surface area contributed by atoms with Crippen LogP contribution in [0.25, 0.3) is 17.2 Å². The van der Waals surface area contributed by atoms with Crippen molar-refractivity contribution in [2.45, 2.75) is 50.1 Å². The van der Waals surface area contributed by atoms with Gasteiger partial charge in [0.1, 0.15) is 18.7 Å². The number of amides is 1. The summed E-state index contributed by atoms with van der Waals surface area (Å²) in [4.78, 5) is 17.2. The van der Waals surface area contributed by atoms with Crippen molar-refractivity contribution in [3.05, 3.63) is 84.2 Å². The molecule has 0 saturated heterocycles. The van der Waals surface area contributed by atoms with Crippen molar-refractivity contribution >= 4 is 46.9 Å². The van der Waals surface area contributed by atoms with Crippen LogP contribution in [0.1, 0.15) is 45.6 Å². The molecule has 48 heavy (non-hydrogen) atoms. The number of nitrogens with one attached hydrogen (secondary N) is 1. The number of aromatic nitrogens is 3. The monoisotopic (exact) mass is 685 g/mol. The Labute approximate surface area is 293 Å². The van der Waals surface area contributed by atoms with Gasteiger partial charge in [0.15, 0.2) is 5.16 Å². The highest BCUT2D eigenvalue weighted by atomic mass is 32.2. The Morgan fingerprint density at radius 3 is 2.46 bits per heavy atom.